The summed E-state index contributed by atoms with van der Waals surface area (Å²) in [6.07, 6.45) is 5.93. The van der Waals surface area contributed by atoms with Crippen LogP contribution in [0.3, 0.4) is 0 Å². The highest BCUT2D eigenvalue weighted by Gasteiger charge is 2.35. The number of thioether (sulfide) groups is 1. The van der Waals surface area contributed by atoms with Crippen LogP contribution in [0.4, 0.5) is 0 Å². The van der Waals surface area contributed by atoms with Crippen LogP contribution in [0.1, 0.15) is 49.9 Å². The molecule has 0 bridgehead atoms. The molecule has 158 valence electrons. The van der Waals surface area contributed by atoms with E-state index in [4.69, 9.17) is 0 Å². The van der Waals surface area contributed by atoms with E-state index in [0.29, 0.717) is 6.54 Å². The van der Waals surface area contributed by atoms with E-state index < -0.39 is 5.54 Å². The third kappa shape index (κ3) is 5.02. The first-order valence-electron chi connectivity index (χ1n) is 10.7. The van der Waals surface area contributed by atoms with E-state index in [-0.39, 0.29) is 11.7 Å². The molecule has 8 heteroatoms. The first-order valence-corrected chi connectivity index (χ1v) is 11.7. The average molecular weight is 425 g/mol. The van der Waals surface area contributed by atoms with E-state index in [0.717, 1.165) is 56.3 Å². The Morgan fingerprint density at radius 3 is 2.53 bits per heavy atom. The number of rotatable bonds is 8. The molecule has 1 aromatic carbocycles. The summed E-state index contributed by atoms with van der Waals surface area (Å²) in [5.74, 6) is 1.06. The Morgan fingerprint density at radius 2 is 1.83 bits per heavy atom. The summed E-state index contributed by atoms with van der Waals surface area (Å²) in [6, 6.07) is 12.6. The number of nitrogens with one attached hydrogen (secondary N) is 1. The molecule has 2 aliphatic rings. The molecule has 0 radical (unpaired) electrons. The van der Waals surface area contributed by atoms with Crippen molar-refractivity contribution >= 4 is 17.7 Å². The molecule has 1 N–H and O–H groups in total. The predicted octanol–water partition coefficient (Wildman–Crippen LogP) is 2.97. The maximum absolute atomic E-state index is 12.5. The van der Waals surface area contributed by atoms with Gasteiger partial charge in [0, 0.05) is 0 Å². The van der Waals surface area contributed by atoms with Crippen molar-refractivity contribution in [3.63, 3.8) is 0 Å². The third-order valence-electron chi connectivity index (χ3n) is 5.92. The second kappa shape index (κ2) is 9.63. The van der Waals surface area contributed by atoms with Gasteiger partial charge in [-0.3, -0.25) is 9.69 Å². The van der Waals surface area contributed by atoms with Gasteiger partial charge in [-0.05, 0) is 57.2 Å². The normalized spacial score (nSPS) is 18.4. The van der Waals surface area contributed by atoms with Crippen LogP contribution in [0.5, 0.6) is 0 Å². The lowest BCUT2D eigenvalue weighted by atomic mass is 10.0. The molecule has 2 fully saturated rings. The van der Waals surface area contributed by atoms with Gasteiger partial charge in [0.2, 0.25) is 5.91 Å². The number of nitrogens with zero attached hydrogens (tertiary/aromatic N) is 5. The molecule has 1 aromatic heterocycles. The molecule has 7 nitrogen and oxygen atoms in total. The van der Waals surface area contributed by atoms with Gasteiger partial charge in [-0.25, -0.2) is 0 Å². The zero-order valence-electron chi connectivity index (χ0n) is 17.2. The summed E-state index contributed by atoms with van der Waals surface area (Å²) < 4.78 is 2.13. The molecule has 30 heavy (non-hydrogen) atoms. The molecule has 4 rings (SSSR count). The van der Waals surface area contributed by atoms with Crippen LogP contribution in [0.25, 0.3) is 0 Å². The van der Waals surface area contributed by atoms with Crippen LogP contribution < -0.4 is 5.32 Å². The highest BCUT2D eigenvalue weighted by atomic mass is 32.2. The monoisotopic (exact) mass is 424 g/mol. The maximum Gasteiger partial charge on any atom is 0.231 e. The Morgan fingerprint density at radius 1 is 1.10 bits per heavy atom. The first-order chi connectivity index (χ1) is 14.7. The smallest absolute Gasteiger partial charge is 0.231 e. The number of hydrogen-bond donors (Lipinski definition) is 1. The lowest BCUT2D eigenvalue weighted by molar-refractivity contribution is -0.119. The fourth-order valence-electron chi connectivity index (χ4n) is 4.28. The van der Waals surface area contributed by atoms with Gasteiger partial charge in [-0.2, -0.15) is 5.26 Å². The van der Waals surface area contributed by atoms with Crippen LogP contribution >= 0.6 is 11.8 Å². The van der Waals surface area contributed by atoms with Crippen molar-refractivity contribution in [1.29, 1.82) is 5.26 Å². The molecule has 1 aliphatic carbocycles. The van der Waals surface area contributed by atoms with Crippen LogP contribution in [-0.2, 0) is 17.9 Å². The second-order valence-corrected chi connectivity index (χ2v) is 9.13. The van der Waals surface area contributed by atoms with E-state index in [1.54, 1.807) is 0 Å². The van der Waals surface area contributed by atoms with Crippen molar-refractivity contribution in [2.45, 2.75) is 62.3 Å². The average Bonchev–Trinajstić information content (AvgIpc) is 3.51. The number of carbonyl (C=O) groups excluding carboxylic acids is 1. The zero-order valence-corrected chi connectivity index (χ0v) is 18.0. The largest absolute Gasteiger partial charge is 0.337 e. The van der Waals surface area contributed by atoms with Crippen molar-refractivity contribution in [2.24, 2.45) is 0 Å². The zero-order chi connectivity index (χ0) is 20.8. The number of carbonyl (C=O) groups is 1. The second-order valence-electron chi connectivity index (χ2n) is 8.19. The van der Waals surface area contributed by atoms with E-state index >= 15 is 0 Å². The minimum Gasteiger partial charge on any atom is -0.337 e. The standard InChI is InChI=1S/C22H28N6OS/c23-17-22(10-4-5-11-22)24-20(29)16-30-21-26-25-19(15-27-12-6-7-13-27)28(21)14-18-8-2-1-3-9-18/h1-3,8-9H,4-7,10-16H2,(H,24,29). The van der Waals surface area contributed by atoms with Gasteiger partial charge in [-0.15, -0.1) is 10.2 Å². The number of amides is 1. The molecule has 2 aromatic rings. The Kier molecular flexibility index (Phi) is 6.70. The topological polar surface area (TPSA) is 86.8 Å². The summed E-state index contributed by atoms with van der Waals surface area (Å²) in [4.78, 5) is 14.9. The first kappa shape index (κ1) is 20.9. The maximum atomic E-state index is 12.5. The van der Waals surface area contributed by atoms with Crippen LogP contribution in [0, 0.1) is 11.3 Å². The molecule has 1 saturated carbocycles. The Hall–Kier alpha value is -2.37. The lowest BCUT2D eigenvalue weighted by Crippen LogP contribution is -2.45. The van der Waals surface area contributed by atoms with Crippen LogP contribution in [0.2, 0.25) is 0 Å². The van der Waals surface area contributed by atoms with Gasteiger partial charge in [0.15, 0.2) is 5.16 Å². The molecular weight excluding hydrogens is 396 g/mol. The summed E-state index contributed by atoms with van der Waals surface area (Å²) in [5, 5.41) is 22.1. The molecule has 1 aliphatic heterocycles. The van der Waals surface area contributed by atoms with Crippen molar-refractivity contribution in [3.05, 3.63) is 41.7 Å². The molecule has 1 saturated heterocycles. The number of nitriles is 1. The summed E-state index contributed by atoms with van der Waals surface area (Å²) >= 11 is 1.40. The minimum atomic E-state index is -0.684. The van der Waals surface area contributed by atoms with E-state index in [1.165, 1.54) is 30.2 Å². The van der Waals surface area contributed by atoms with E-state index in [1.807, 2.05) is 18.2 Å². The van der Waals surface area contributed by atoms with E-state index in [9.17, 15) is 10.1 Å². The molecule has 0 unspecified atom stereocenters. The van der Waals surface area contributed by atoms with Gasteiger partial charge in [0.1, 0.15) is 11.4 Å². The predicted molar refractivity (Wildman–Crippen MR) is 116 cm³/mol. The van der Waals surface area contributed by atoms with Gasteiger partial charge in [0.25, 0.3) is 0 Å². The lowest BCUT2D eigenvalue weighted by Gasteiger charge is -2.21. The number of benzene rings is 1. The van der Waals surface area contributed by atoms with Crippen molar-refractivity contribution in [3.8, 4) is 6.07 Å². The number of aromatic nitrogens is 3. The fraction of sp³-hybridized carbons (Fsp3) is 0.545. The van der Waals surface area contributed by atoms with Crippen molar-refractivity contribution < 1.29 is 4.79 Å². The minimum absolute atomic E-state index is 0.112. The SMILES string of the molecule is N#CC1(NC(=O)CSc2nnc(CN3CCCC3)n2Cc2ccccc2)CCCC1. The Bertz CT molecular complexity index is 894. The summed E-state index contributed by atoms with van der Waals surface area (Å²) in [7, 11) is 0. The highest BCUT2D eigenvalue weighted by Crippen LogP contribution is 2.29. The molecular formula is C22H28N6OS. The molecule has 2 heterocycles. The number of likely N-dealkylation sites (tertiary alicyclic amines) is 1. The van der Waals surface area contributed by atoms with Gasteiger partial charge >= 0.3 is 0 Å². The Balaban J connectivity index is 1.45. The van der Waals surface area contributed by atoms with Gasteiger partial charge in [-0.1, -0.05) is 42.1 Å². The van der Waals surface area contributed by atoms with Crippen LogP contribution in [-0.4, -0.2) is 50.0 Å². The highest BCUT2D eigenvalue weighted by molar-refractivity contribution is 7.99. The van der Waals surface area contributed by atoms with Gasteiger partial charge < -0.3 is 9.88 Å². The van der Waals surface area contributed by atoms with Gasteiger partial charge in [0.05, 0.1) is 24.9 Å². The molecule has 1 amide bonds. The fourth-order valence-corrected chi connectivity index (χ4v) is 5.04. The van der Waals surface area contributed by atoms with E-state index in [2.05, 4.69) is 43.2 Å². The summed E-state index contributed by atoms with van der Waals surface area (Å²) in [5.41, 5.74) is 0.497. The molecule has 0 spiro atoms. The van der Waals surface area contributed by atoms with Crippen molar-refractivity contribution in [2.75, 3.05) is 18.8 Å². The Labute approximate surface area is 181 Å². The summed E-state index contributed by atoms with van der Waals surface area (Å²) in [6.45, 7) is 3.66. The van der Waals surface area contributed by atoms with Crippen molar-refractivity contribution in [1.82, 2.24) is 25.0 Å². The quantitative estimate of drug-likeness (QED) is 0.656. The number of hydrogen-bond acceptors (Lipinski definition) is 6. The molecule has 0 atom stereocenters. The van der Waals surface area contributed by atoms with Crippen LogP contribution in [0.15, 0.2) is 35.5 Å². The third-order valence-corrected chi connectivity index (χ3v) is 6.89.